The first-order valence-electron chi connectivity index (χ1n) is 4.99. The Kier molecular flexibility index (Phi) is 2.72. The average Bonchev–Trinajstić information content (AvgIpc) is 2.65. The molecule has 2 rings (SSSR count). The Hall–Kier alpha value is -2.10. The van der Waals surface area contributed by atoms with Crippen molar-refractivity contribution in [1.82, 2.24) is 5.32 Å². The molecule has 0 radical (unpaired) electrons. The van der Waals surface area contributed by atoms with E-state index in [9.17, 15) is 4.79 Å². The van der Waals surface area contributed by atoms with Crippen LogP contribution in [0.5, 0.6) is 0 Å². The molecule has 0 saturated heterocycles. The maximum absolute atomic E-state index is 11.2. The summed E-state index contributed by atoms with van der Waals surface area (Å²) < 4.78 is 0. The summed E-state index contributed by atoms with van der Waals surface area (Å²) in [4.78, 5) is 17.2. The van der Waals surface area contributed by atoms with Gasteiger partial charge in [-0.3, -0.25) is 4.79 Å². The third-order valence-corrected chi connectivity index (χ3v) is 2.34. The highest BCUT2D eigenvalue weighted by Gasteiger charge is 2.11. The number of hydrogen-bond donors (Lipinski definition) is 1. The lowest BCUT2D eigenvalue weighted by Crippen LogP contribution is -2.14. The molecule has 1 aromatic carbocycles. The number of nitrogens with zero attached hydrogens (tertiary/aromatic N) is 2. The third-order valence-electron chi connectivity index (χ3n) is 2.34. The summed E-state index contributed by atoms with van der Waals surface area (Å²) in [5.41, 5.74) is 2.54. The number of amides is 1. The Labute approximate surface area is 94.3 Å². The second kappa shape index (κ2) is 4.18. The van der Waals surface area contributed by atoms with Gasteiger partial charge in [0, 0.05) is 19.8 Å². The van der Waals surface area contributed by atoms with E-state index in [0.717, 1.165) is 11.3 Å². The molecule has 1 aliphatic heterocycles. The highest BCUT2D eigenvalue weighted by Crippen LogP contribution is 2.15. The van der Waals surface area contributed by atoms with Crippen LogP contribution in [0, 0.1) is 0 Å². The molecule has 1 aromatic rings. The molecule has 82 valence electrons. The molecule has 0 bridgehead atoms. The fourth-order valence-corrected chi connectivity index (χ4v) is 1.42. The van der Waals surface area contributed by atoms with Crippen LogP contribution in [-0.4, -0.2) is 26.3 Å². The fraction of sp³-hybridized carbons (Fsp3) is 0.167. The molecule has 0 fully saturated rings. The zero-order chi connectivity index (χ0) is 11.5. The first-order valence-corrected chi connectivity index (χ1v) is 4.99. The van der Waals surface area contributed by atoms with Crippen molar-refractivity contribution in [3.63, 3.8) is 0 Å². The normalized spacial score (nSPS) is 16.6. The maximum atomic E-state index is 11.2. The lowest BCUT2D eigenvalue weighted by Gasteiger charge is -2.11. The van der Waals surface area contributed by atoms with Gasteiger partial charge in [0.25, 0.3) is 5.91 Å². The predicted octanol–water partition coefficient (Wildman–Crippen LogP) is 1.25. The average molecular weight is 215 g/mol. The lowest BCUT2D eigenvalue weighted by atomic mass is 10.1. The van der Waals surface area contributed by atoms with Gasteiger partial charge in [-0.05, 0) is 23.8 Å². The Morgan fingerprint density at radius 1 is 1.25 bits per heavy atom. The van der Waals surface area contributed by atoms with Crippen molar-refractivity contribution in [1.29, 1.82) is 0 Å². The maximum Gasteiger partial charge on any atom is 0.275 e. The van der Waals surface area contributed by atoms with Crippen LogP contribution < -0.4 is 10.2 Å². The summed E-state index contributed by atoms with van der Waals surface area (Å²) >= 11 is 0. The largest absolute Gasteiger partial charge is 0.378 e. The van der Waals surface area contributed by atoms with Crippen molar-refractivity contribution in [3.05, 3.63) is 35.5 Å². The minimum absolute atomic E-state index is 0.156. The number of anilines is 1. The molecule has 0 saturated carbocycles. The van der Waals surface area contributed by atoms with Gasteiger partial charge in [-0.25, -0.2) is 4.99 Å². The molecule has 1 heterocycles. The standard InChI is InChI=1S/C12H13N3O/c1-15(2)10-5-3-9(4-6-10)7-11-12(16)14-8-13-11/h3-8H,1-2H3,(H,13,14,16)/b11-7+. The van der Waals surface area contributed by atoms with E-state index in [-0.39, 0.29) is 5.91 Å². The van der Waals surface area contributed by atoms with Gasteiger partial charge in [0.2, 0.25) is 0 Å². The van der Waals surface area contributed by atoms with E-state index < -0.39 is 0 Å². The van der Waals surface area contributed by atoms with Crippen molar-refractivity contribution in [3.8, 4) is 0 Å². The van der Waals surface area contributed by atoms with Crippen LogP contribution in [0.1, 0.15) is 5.56 Å². The number of aliphatic imine (C=N–C) groups is 1. The number of nitrogens with one attached hydrogen (secondary N) is 1. The fourth-order valence-electron chi connectivity index (χ4n) is 1.42. The topological polar surface area (TPSA) is 44.7 Å². The molecule has 0 spiro atoms. The van der Waals surface area contributed by atoms with E-state index in [1.807, 2.05) is 43.3 Å². The van der Waals surface area contributed by atoms with Gasteiger partial charge in [0.15, 0.2) is 0 Å². The quantitative estimate of drug-likeness (QED) is 0.755. The van der Waals surface area contributed by atoms with E-state index in [0.29, 0.717) is 5.70 Å². The molecule has 1 N–H and O–H groups in total. The second-order valence-corrected chi connectivity index (χ2v) is 3.75. The molecule has 1 amide bonds. The smallest absolute Gasteiger partial charge is 0.275 e. The predicted molar refractivity (Wildman–Crippen MR) is 65.4 cm³/mol. The Balaban J connectivity index is 2.23. The van der Waals surface area contributed by atoms with Gasteiger partial charge in [-0.15, -0.1) is 0 Å². The number of hydrogen-bond acceptors (Lipinski definition) is 3. The van der Waals surface area contributed by atoms with E-state index in [1.165, 1.54) is 6.34 Å². The number of carbonyl (C=O) groups is 1. The van der Waals surface area contributed by atoms with Crippen LogP contribution in [0.15, 0.2) is 35.0 Å². The van der Waals surface area contributed by atoms with E-state index in [1.54, 1.807) is 6.08 Å². The SMILES string of the molecule is CN(C)c1ccc(/C=C2/N=CNC2=O)cc1. The minimum atomic E-state index is -0.156. The van der Waals surface area contributed by atoms with Crippen LogP contribution >= 0.6 is 0 Å². The molecule has 16 heavy (non-hydrogen) atoms. The van der Waals surface area contributed by atoms with Gasteiger partial charge in [0.05, 0.1) is 6.34 Å². The molecule has 0 aliphatic carbocycles. The number of benzene rings is 1. The number of rotatable bonds is 2. The summed E-state index contributed by atoms with van der Waals surface area (Å²) in [6.07, 6.45) is 3.17. The summed E-state index contributed by atoms with van der Waals surface area (Å²) in [7, 11) is 3.98. The van der Waals surface area contributed by atoms with Gasteiger partial charge in [-0.1, -0.05) is 12.1 Å². The van der Waals surface area contributed by atoms with Gasteiger partial charge < -0.3 is 10.2 Å². The van der Waals surface area contributed by atoms with E-state index >= 15 is 0 Å². The second-order valence-electron chi connectivity index (χ2n) is 3.75. The first kappa shape index (κ1) is 10.4. The molecule has 0 aromatic heterocycles. The Bertz CT molecular complexity index is 458. The Morgan fingerprint density at radius 3 is 2.44 bits per heavy atom. The summed E-state index contributed by atoms with van der Waals surface area (Å²) in [6, 6.07) is 7.93. The van der Waals surface area contributed by atoms with E-state index in [4.69, 9.17) is 0 Å². The van der Waals surface area contributed by atoms with Crippen LogP contribution in [0.2, 0.25) is 0 Å². The highest BCUT2D eigenvalue weighted by molar-refractivity contribution is 6.08. The molecule has 0 unspecified atom stereocenters. The highest BCUT2D eigenvalue weighted by atomic mass is 16.2. The third kappa shape index (κ3) is 2.11. The first-order chi connectivity index (χ1) is 7.66. The van der Waals surface area contributed by atoms with Gasteiger partial charge >= 0.3 is 0 Å². The monoisotopic (exact) mass is 215 g/mol. The van der Waals surface area contributed by atoms with Gasteiger partial charge in [-0.2, -0.15) is 0 Å². The van der Waals surface area contributed by atoms with Crippen LogP contribution in [0.4, 0.5) is 5.69 Å². The molecule has 1 aliphatic rings. The molecular weight excluding hydrogens is 202 g/mol. The van der Waals surface area contributed by atoms with Crippen LogP contribution in [-0.2, 0) is 4.79 Å². The van der Waals surface area contributed by atoms with Crippen molar-refractivity contribution in [2.75, 3.05) is 19.0 Å². The molecule has 4 heteroatoms. The van der Waals surface area contributed by atoms with Gasteiger partial charge in [0.1, 0.15) is 5.70 Å². The summed E-state index contributed by atoms with van der Waals surface area (Å²) in [6.45, 7) is 0. The summed E-state index contributed by atoms with van der Waals surface area (Å²) in [5, 5.41) is 2.51. The van der Waals surface area contributed by atoms with Crippen molar-refractivity contribution >= 4 is 24.0 Å². The van der Waals surface area contributed by atoms with Crippen molar-refractivity contribution in [2.45, 2.75) is 0 Å². The Morgan fingerprint density at radius 2 is 1.94 bits per heavy atom. The van der Waals surface area contributed by atoms with Crippen LogP contribution in [0.25, 0.3) is 6.08 Å². The zero-order valence-corrected chi connectivity index (χ0v) is 9.27. The summed E-state index contributed by atoms with van der Waals surface area (Å²) in [5.74, 6) is -0.156. The number of carbonyl (C=O) groups excluding carboxylic acids is 1. The van der Waals surface area contributed by atoms with Crippen molar-refractivity contribution in [2.24, 2.45) is 4.99 Å². The minimum Gasteiger partial charge on any atom is -0.378 e. The molecule has 4 nitrogen and oxygen atoms in total. The lowest BCUT2D eigenvalue weighted by molar-refractivity contribution is -0.115. The van der Waals surface area contributed by atoms with E-state index in [2.05, 4.69) is 10.3 Å². The zero-order valence-electron chi connectivity index (χ0n) is 9.27. The van der Waals surface area contributed by atoms with Crippen molar-refractivity contribution < 1.29 is 4.79 Å². The van der Waals surface area contributed by atoms with Crippen LogP contribution in [0.3, 0.4) is 0 Å². The molecular formula is C12H13N3O. The molecule has 0 atom stereocenters.